The lowest BCUT2D eigenvalue weighted by Crippen LogP contribution is -2.26. The van der Waals surface area contributed by atoms with Crippen molar-refractivity contribution >= 4 is 11.7 Å². The lowest BCUT2D eigenvalue weighted by atomic mass is 10.2. The zero-order valence-electron chi connectivity index (χ0n) is 11.3. The molecule has 0 saturated carbocycles. The molecule has 4 heteroatoms. The Kier molecular flexibility index (Phi) is 5.16. The first-order chi connectivity index (χ1) is 8.37. The number of ether oxygens (including phenoxy) is 1. The number of hydrogen-bond acceptors (Lipinski definition) is 4. The van der Waals surface area contributed by atoms with Gasteiger partial charge < -0.3 is 15.8 Å². The van der Waals surface area contributed by atoms with Crippen LogP contribution >= 0.6 is 0 Å². The van der Waals surface area contributed by atoms with Gasteiger partial charge in [-0.15, -0.1) is 0 Å². The molecule has 3 N–H and O–H groups in total. The summed E-state index contributed by atoms with van der Waals surface area (Å²) in [7, 11) is 0. The van der Waals surface area contributed by atoms with Crippen molar-refractivity contribution in [1.29, 1.82) is 0 Å². The minimum Gasteiger partial charge on any atom is -0.460 e. The quantitative estimate of drug-likeness (QED) is 0.477. The highest BCUT2D eigenvalue weighted by atomic mass is 16.6. The predicted octanol–water partition coefficient (Wildman–Crippen LogP) is 2.09. The molecule has 1 aromatic carbocycles. The van der Waals surface area contributed by atoms with E-state index in [1.165, 1.54) is 0 Å². The van der Waals surface area contributed by atoms with E-state index in [9.17, 15) is 4.79 Å². The van der Waals surface area contributed by atoms with E-state index in [2.05, 4.69) is 5.32 Å². The van der Waals surface area contributed by atoms with Crippen LogP contribution in [0.4, 0.5) is 5.69 Å². The number of rotatable bonds is 5. The summed E-state index contributed by atoms with van der Waals surface area (Å²) in [5, 5.41) is 3.20. The lowest BCUT2D eigenvalue weighted by Gasteiger charge is -2.19. The summed E-state index contributed by atoms with van der Waals surface area (Å²) in [5.74, 6) is -0.174. The topological polar surface area (TPSA) is 64.3 Å². The Labute approximate surface area is 109 Å². The second-order valence-electron chi connectivity index (χ2n) is 5.25. The molecule has 0 aromatic heterocycles. The third-order valence-electron chi connectivity index (χ3n) is 2.23. The van der Waals surface area contributed by atoms with E-state index in [1.54, 1.807) is 0 Å². The van der Waals surface area contributed by atoms with Gasteiger partial charge in [-0.3, -0.25) is 4.79 Å². The van der Waals surface area contributed by atoms with Gasteiger partial charge in [0.1, 0.15) is 5.60 Å². The highest BCUT2D eigenvalue weighted by Crippen LogP contribution is 2.08. The molecule has 1 rings (SSSR count). The molecule has 0 radical (unpaired) electrons. The van der Waals surface area contributed by atoms with Crippen LogP contribution in [-0.4, -0.2) is 18.1 Å². The highest BCUT2D eigenvalue weighted by molar-refractivity contribution is 5.70. The first-order valence-corrected chi connectivity index (χ1v) is 6.14. The van der Waals surface area contributed by atoms with E-state index >= 15 is 0 Å². The third kappa shape index (κ3) is 6.25. The smallest absolute Gasteiger partial charge is 0.307 e. The summed E-state index contributed by atoms with van der Waals surface area (Å²) in [5.41, 5.74) is 7.09. The molecule has 0 aliphatic carbocycles. The minimum absolute atomic E-state index is 0.174. The lowest BCUT2D eigenvalue weighted by molar-refractivity contribution is -0.154. The molecular formula is C14H22N2O2. The Bertz CT molecular complexity index is 380. The third-order valence-corrected chi connectivity index (χ3v) is 2.23. The summed E-state index contributed by atoms with van der Waals surface area (Å²) in [6, 6.07) is 7.67. The number of nitrogen functional groups attached to an aromatic ring is 1. The molecular weight excluding hydrogens is 228 g/mol. The fourth-order valence-electron chi connectivity index (χ4n) is 1.45. The minimum atomic E-state index is -0.409. The first kappa shape index (κ1) is 14.5. The first-order valence-electron chi connectivity index (χ1n) is 6.14. The number of nitrogens with two attached hydrogens (primary N) is 1. The zero-order valence-corrected chi connectivity index (χ0v) is 11.3. The van der Waals surface area contributed by atoms with Gasteiger partial charge in [-0.2, -0.15) is 0 Å². The van der Waals surface area contributed by atoms with E-state index in [-0.39, 0.29) is 5.97 Å². The SMILES string of the molecule is CC(C)(C)OC(=O)CCNCc1ccc(N)cc1. The zero-order chi connectivity index (χ0) is 13.6. The van der Waals surface area contributed by atoms with Gasteiger partial charge >= 0.3 is 5.97 Å². The van der Waals surface area contributed by atoms with Crippen LogP contribution in [0.25, 0.3) is 0 Å². The van der Waals surface area contributed by atoms with Crippen LogP contribution in [0.3, 0.4) is 0 Å². The van der Waals surface area contributed by atoms with Gasteiger partial charge in [0.05, 0.1) is 6.42 Å². The monoisotopic (exact) mass is 250 g/mol. The predicted molar refractivity (Wildman–Crippen MR) is 73.0 cm³/mol. The number of carbonyl (C=O) groups is 1. The van der Waals surface area contributed by atoms with Crippen LogP contribution in [0.5, 0.6) is 0 Å². The Hall–Kier alpha value is -1.55. The number of hydrogen-bond donors (Lipinski definition) is 2. The Morgan fingerprint density at radius 2 is 1.89 bits per heavy atom. The van der Waals surface area contributed by atoms with Gasteiger partial charge in [-0.1, -0.05) is 12.1 Å². The maximum absolute atomic E-state index is 11.4. The van der Waals surface area contributed by atoms with Crippen molar-refractivity contribution in [3.63, 3.8) is 0 Å². The fraction of sp³-hybridized carbons (Fsp3) is 0.500. The molecule has 0 amide bonds. The number of anilines is 1. The number of esters is 1. The van der Waals surface area contributed by atoms with E-state index in [0.29, 0.717) is 13.0 Å². The molecule has 4 nitrogen and oxygen atoms in total. The summed E-state index contributed by atoms with van der Waals surface area (Å²) >= 11 is 0. The molecule has 0 aliphatic heterocycles. The van der Waals surface area contributed by atoms with Crippen LogP contribution in [0.2, 0.25) is 0 Å². The fourth-order valence-corrected chi connectivity index (χ4v) is 1.45. The van der Waals surface area contributed by atoms with Crippen LogP contribution in [0.15, 0.2) is 24.3 Å². The molecule has 100 valence electrons. The van der Waals surface area contributed by atoms with Crippen LogP contribution in [0, 0.1) is 0 Å². The molecule has 0 fully saturated rings. The van der Waals surface area contributed by atoms with Crippen molar-refractivity contribution in [3.05, 3.63) is 29.8 Å². The number of benzene rings is 1. The van der Waals surface area contributed by atoms with Crippen LogP contribution in [-0.2, 0) is 16.1 Å². The second kappa shape index (κ2) is 6.40. The molecule has 0 heterocycles. The molecule has 18 heavy (non-hydrogen) atoms. The summed E-state index contributed by atoms with van der Waals surface area (Å²) in [4.78, 5) is 11.4. The van der Waals surface area contributed by atoms with E-state index < -0.39 is 5.60 Å². The van der Waals surface area contributed by atoms with Crippen LogP contribution < -0.4 is 11.1 Å². The highest BCUT2D eigenvalue weighted by Gasteiger charge is 2.15. The summed E-state index contributed by atoms with van der Waals surface area (Å²) in [6.07, 6.45) is 0.381. The standard InChI is InChI=1S/C14H22N2O2/c1-14(2,3)18-13(17)8-9-16-10-11-4-6-12(15)7-5-11/h4-7,16H,8-10,15H2,1-3H3. The van der Waals surface area contributed by atoms with Crippen molar-refractivity contribution in [3.8, 4) is 0 Å². The van der Waals surface area contributed by atoms with Gasteiger partial charge in [0, 0.05) is 18.8 Å². The maximum atomic E-state index is 11.4. The average molecular weight is 250 g/mol. The Morgan fingerprint density at radius 1 is 1.28 bits per heavy atom. The normalized spacial score (nSPS) is 11.3. The Balaban J connectivity index is 2.19. The molecule has 0 bridgehead atoms. The molecule has 0 spiro atoms. The second-order valence-corrected chi connectivity index (χ2v) is 5.25. The van der Waals surface area contributed by atoms with Gasteiger partial charge in [0.2, 0.25) is 0 Å². The van der Waals surface area contributed by atoms with Crippen molar-refractivity contribution < 1.29 is 9.53 Å². The van der Waals surface area contributed by atoms with E-state index in [0.717, 1.165) is 17.8 Å². The van der Waals surface area contributed by atoms with Crippen molar-refractivity contribution in [1.82, 2.24) is 5.32 Å². The van der Waals surface area contributed by atoms with E-state index in [1.807, 2.05) is 45.0 Å². The van der Waals surface area contributed by atoms with Crippen molar-refractivity contribution in [2.24, 2.45) is 0 Å². The number of carbonyl (C=O) groups excluding carboxylic acids is 1. The van der Waals surface area contributed by atoms with Gasteiger partial charge in [-0.05, 0) is 38.5 Å². The number of nitrogens with one attached hydrogen (secondary N) is 1. The Morgan fingerprint density at radius 3 is 2.44 bits per heavy atom. The maximum Gasteiger partial charge on any atom is 0.307 e. The van der Waals surface area contributed by atoms with Crippen LogP contribution in [0.1, 0.15) is 32.8 Å². The average Bonchev–Trinajstić information content (AvgIpc) is 2.24. The van der Waals surface area contributed by atoms with Gasteiger partial charge in [-0.25, -0.2) is 0 Å². The van der Waals surface area contributed by atoms with Crippen molar-refractivity contribution in [2.45, 2.75) is 39.3 Å². The van der Waals surface area contributed by atoms with Gasteiger partial charge in [0.15, 0.2) is 0 Å². The largest absolute Gasteiger partial charge is 0.460 e. The molecule has 0 unspecified atom stereocenters. The molecule has 0 aliphatic rings. The molecule has 0 saturated heterocycles. The summed E-state index contributed by atoms with van der Waals surface area (Å²) < 4.78 is 5.21. The van der Waals surface area contributed by atoms with Gasteiger partial charge in [0.25, 0.3) is 0 Å². The molecule has 1 aromatic rings. The van der Waals surface area contributed by atoms with E-state index in [4.69, 9.17) is 10.5 Å². The van der Waals surface area contributed by atoms with Crippen molar-refractivity contribution in [2.75, 3.05) is 12.3 Å². The molecule has 0 atom stereocenters. The summed E-state index contributed by atoms with van der Waals surface area (Å²) in [6.45, 7) is 6.94.